The number of aromatic nitrogens is 11. The summed E-state index contributed by atoms with van der Waals surface area (Å²) in [5.74, 6) is 2.61. The summed E-state index contributed by atoms with van der Waals surface area (Å²) in [4.78, 5) is 34.8. The highest BCUT2D eigenvalue weighted by Gasteiger charge is 2.22. The smallest absolute Gasteiger partial charge is 0.164 e. The monoisotopic (exact) mass is 1430 g/mol. The van der Waals surface area contributed by atoms with Gasteiger partial charge in [-0.05, 0) is 162 Å². The van der Waals surface area contributed by atoms with Crippen LogP contribution >= 0.6 is 0 Å². The fourth-order valence-corrected chi connectivity index (χ4v) is 16.2. The minimum atomic E-state index is 0.626. The van der Waals surface area contributed by atoms with Crippen LogP contribution in [0.1, 0.15) is 0 Å². The third kappa shape index (κ3) is 11.5. The summed E-state index contributed by atoms with van der Waals surface area (Å²) in [7, 11) is 0. The van der Waals surface area contributed by atoms with Crippen LogP contribution in [0.3, 0.4) is 0 Å². The van der Waals surface area contributed by atoms with Gasteiger partial charge in [0.1, 0.15) is 0 Å². The third-order valence-corrected chi connectivity index (χ3v) is 21.4. The summed E-state index contributed by atoms with van der Waals surface area (Å²) in [6.07, 6.45) is 3.76. The molecule has 0 spiro atoms. The number of benzene rings is 14. The van der Waals surface area contributed by atoms with Crippen molar-refractivity contribution in [1.82, 2.24) is 53.2 Å². The molecule has 14 aromatic carbocycles. The van der Waals surface area contributed by atoms with Crippen LogP contribution in [0.4, 0.5) is 0 Å². The number of hydrogen-bond acceptors (Lipinski definition) is 7. The number of nitrogens with zero attached hydrogens (tertiary/aromatic N) is 11. The van der Waals surface area contributed by atoms with Gasteiger partial charge in [0.25, 0.3) is 0 Å². The standard InChI is InChI=1S/C51H33N5.C50H32N6/c1-4-14-34(15-5-1)44-33-45(54-51(53-44)35-16-6-2-7-17-35)38-18-12-21-40(30-38)56-46-23-11-10-22-41(46)42-31-36(25-27-47(42)56)37-26-28-48-43(32-37)50-49(24-13-29-52-50)55(48)39-19-8-3-9-20-39;1-4-14-33(15-5-1)48-52-49(34-16-6-2-7-17-34)54-50(53-48)37-18-12-21-39(30-37)56-43-23-11-10-22-40(43)41-31-35(25-27-44(41)56)36-26-28-45-42(32-36)47-46(24-13-29-51-47)55(45)38-19-8-3-9-20-38/h1-33H;1-32H. The molecule has 0 amide bonds. The van der Waals surface area contributed by atoms with Crippen LogP contribution in [0.2, 0.25) is 0 Å². The molecule has 8 heterocycles. The summed E-state index contributed by atoms with van der Waals surface area (Å²) in [5.41, 5.74) is 27.6. The molecular formula is C101H65N11. The lowest BCUT2D eigenvalue weighted by atomic mass is 10.0. The minimum absolute atomic E-state index is 0.626. The number of para-hydroxylation sites is 4. The predicted octanol–water partition coefficient (Wildman–Crippen LogP) is 24.9. The van der Waals surface area contributed by atoms with Crippen molar-refractivity contribution in [2.24, 2.45) is 0 Å². The second-order valence-electron chi connectivity index (χ2n) is 28.1. The van der Waals surface area contributed by atoms with Gasteiger partial charge in [-0.1, -0.05) is 243 Å². The Morgan fingerprint density at radius 3 is 0.893 bits per heavy atom. The van der Waals surface area contributed by atoms with E-state index in [1.807, 2.05) is 122 Å². The van der Waals surface area contributed by atoms with E-state index in [1.54, 1.807) is 0 Å². The van der Waals surface area contributed by atoms with Crippen LogP contribution in [0.5, 0.6) is 0 Å². The second kappa shape index (κ2) is 27.5. The molecule has 0 radical (unpaired) electrons. The Balaban J connectivity index is 0.000000141. The first-order chi connectivity index (χ1) is 55.5. The molecule has 524 valence electrons. The summed E-state index contributed by atoms with van der Waals surface area (Å²) in [5, 5.41) is 7.05. The van der Waals surface area contributed by atoms with Crippen LogP contribution in [0, 0.1) is 0 Å². The molecule has 0 aliphatic heterocycles. The van der Waals surface area contributed by atoms with Crippen molar-refractivity contribution in [3.63, 3.8) is 0 Å². The fraction of sp³-hybridized carbons (Fsp3) is 0. The van der Waals surface area contributed by atoms with E-state index in [4.69, 9.17) is 34.9 Å². The minimum Gasteiger partial charge on any atom is -0.309 e. The van der Waals surface area contributed by atoms with E-state index in [2.05, 4.69) is 291 Å². The molecule has 0 saturated carbocycles. The van der Waals surface area contributed by atoms with Gasteiger partial charge < -0.3 is 18.3 Å². The molecule has 0 bridgehead atoms. The van der Waals surface area contributed by atoms with Crippen LogP contribution in [-0.2, 0) is 0 Å². The quantitative estimate of drug-likeness (QED) is 0.120. The van der Waals surface area contributed by atoms with E-state index < -0.39 is 0 Å². The maximum Gasteiger partial charge on any atom is 0.164 e. The Kier molecular flexibility index (Phi) is 15.9. The van der Waals surface area contributed by atoms with E-state index in [1.165, 1.54) is 21.5 Å². The summed E-state index contributed by atoms with van der Waals surface area (Å²) >= 11 is 0. The van der Waals surface area contributed by atoms with Crippen molar-refractivity contribution in [3.05, 3.63) is 395 Å². The highest BCUT2D eigenvalue weighted by Crippen LogP contribution is 2.42. The molecule has 0 aliphatic carbocycles. The lowest BCUT2D eigenvalue weighted by Gasteiger charge is -2.12. The van der Waals surface area contributed by atoms with Gasteiger partial charge in [0.2, 0.25) is 0 Å². The largest absolute Gasteiger partial charge is 0.309 e. The highest BCUT2D eigenvalue weighted by molar-refractivity contribution is 6.14. The predicted molar refractivity (Wildman–Crippen MR) is 458 cm³/mol. The maximum absolute atomic E-state index is 5.12. The van der Waals surface area contributed by atoms with Crippen LogP contribution in [-0.4, -0.2) is 53.2 Å². The van der Waals surface area contributed by atoms with E-state index in [-0.39, 0.29) is 0 Å². The lowest BCUT2D eigenvalue weighted by molar-refractivity contribution is 1.07. The lowest BCUT2D eigenvalue weighted by Crippen LogP contribution is -2.01. The first kappa shape index (κ1) is 65.0. The molecule has 0 aliphatic rings. The Labute approximate surface area is 644 Å². The number of fused-ring (bicyclic) bond motifs is 12. The van der Waals surface area contributed by atoms with Crippen molar-refractivity contribution in [1.29, 1.82) is 0 Å². The van der Waals surface area contributed by atoms with Crippen molar-refractivity contribution in [3.8, 4) is 113 Å². The molecule has 8 aromatic heterocycles. The molecule has 11 heteroatoms. The van der Waals surface area contributed by atoms with Gasteiger partial charge in [-0.2, -0.15) is 0 Å². The first-order valence-electron chi connectivity index (χ1n) is 37.6. The van der Waals surface area contributed by atoms with Crippen molar-refractivity contribution < 1.29 is 0 Å². The molecule has 0 atom stereocenters. The van der Waals surface area contributed by atoms with E-state index >= 15 is 0 Å². The van der Waals surface area contributed by atoms with E-state index in [9.17, 15) is 0 Å². The SMILES string of the molecule is c1ccc(-c2cc(-c3cccc(-n4c5ccccc5c5cc(-c6ccc7c(c6)c6ncccc6n7-c6ccccc6)ccc54)c3)nc(-c3ccccc3)n2)cc1.c1ccc(-c2nc(-c3ccccc3)nc(-c3cccc(-n4c5ccccc5c5cc(-c6ccc7c(c6)c6ncccc6n7-c6ccccc6)ccc54)c3)n2)cc1. The molecule has 0 unspecified atom stereocenters. The number of hydrogen-bond donors (Lipinski definition) is 0. The Hall–Kier alpha value is -15.3. The third-order valence-electron chi connectivity index (χ3n) is 21.4. The van der Waals surface area contributed by atoms with E-state index in [0.29, 0.717) is 23.3 Å². The number of pyridine rings is 2. The normalized spacial score (nSPS) is 11.6. The van der Waals surface area contributed by atoms with Crippen molar-refractivity contribution >= 4 is 87.5 Å². The van der Waals surface area contributed by atoms with Crippen molar-refractivity contribution in [2.75, 3.05) is 0 Å². The molecule has 0 N–H and O–H groups in total. The van der Waals surface area contributed by atoms with Crippen molar-refractivity contribution in [2.45, 2.75) is 0 Å². The van der Waals surface area contributed by atoms with Crippen LogP contribution < -0.4 is 0 Å². The number of rotatable bonds is 12. The summed E-state index contributed by atoms with van der Waals surface area (Å²) in [6.45, 7) is 0. The topological polar surface area (TPSA) is 110 Å². The van der Waals surface area contributed by atoms with Crippen LogP contribution in [0.25, 0.3) is 201 Å². The molecule has 112 heavy (non-hydrogen) atoms. The van der Waals surface area contributed by atoms with Gasteiger partial charge in [0.15, 0.2) is 23.3 Å². The van der Waals surface area contributed by atoms with Gasteiger partial charge in [-0.15, -0.1) is 0 Å². The second-order valence-corrected chi connectivity index (χ2v) is 28.1. The Morgan fingerprint density at radius 1 is 0.161 bits per heavy atom. The Bertz CT molecular complexity index is 6800. The molecule has 22 rings (SSSR count). The summed E-state index contributed by atoms with van der Waals surface area (Å²) < 4.78 is 9.32. The van der Waals surface area contributed by atoms with E-state index in [0.717, 1.165) is 156 Å². The molecule has 0 fully saturated rings. The average Bonchev–Trinajstić information content (AvgIpc) is 1.59. The van der Waals surface area contributed by atoms with Gasteiger partial charge in [-0.3, -0.25) is 9.97 Å². The van der Waals surface area contributed by atoms with Gasteiger partial charge in [-0.25, -0.2) is 24.9 Å². The summed E-state index contributed by atoms with van der Waals surface area (Å²) in [6, 6.07) is 134. The molecule has 22 aromatic rings. The Morgan fingerprint density at radius 2 is 0.455 bits per heavy atom. The maximum atomic E-state index is 5.12. The molecule has 0 saturated heterocycles. The zero-order chi connectivity index (χ0) is 74.0. The molecular weight excluding hydrogens is 1370 g/mol. The fourth-order valence-electron chi connectivity index (χ4n) is 16.2. The molecule has 11 nitrogen and oxygen atoms in total. The van der Waals surface area contributed by atoms with Gasteiger partial charge >= 0.3 is 0 Å². The van der Waals surface area contributed by atoms with Crippen LogP contribution in [0.15, 0.2) is 395 Å². The van der Waals surface area contributed by atoms with Gasteiger partial charge in [0.05, 0.1) is 66.6 Å². The average molecular weight is 1430 g/mol. The first-order valence-corrected chi connectivity index (χ1v) is 37.6. The zero-order valence-electron chi connectivity index (χ0n) is 60.4. The van der Waals surface area contributed by atoms with Gasteiger partial charge in [0, 0.05) is 101 Å². The highest BCUT2D eigenvalue weighted by atomic mass is 15.0. The zero-order valence-corrected chi connectivity index (χ0v) is 60.4.